The predicted molar refractivity (Wildman–Crippen MR) is 127 cm³/mol. The minimum atomic E-state index is -0.936. The van der Waals surface area contributed by atoms with E-state index in [2.05, 4.69) is 15.6 Å². The van der Waals surface area contributed by atoms with Crippen molar-refractivity contribution in [2.45, 2.75) is 24.9 Å². The van der Waals surface area contributed by atoms with Gasteiger partial charge in [-0.3, -0.25) is 19.2 Å². The normalized spacial score (nSPS) is 20.1. The van der Waals surface area contributed by atoms with E-state index in [0.29, 0.717) is 29.2 Å². The van der Waals surface area contributed by atoms with Crippen LogP contribution >= 0.6 is 0 Å². The van der Waals surface area contributed by atoms with Crippen LogP contribution in [0.1, 0.15) is 50.2 Å². The second-order valence-corrected chi connectivity index (χ2v) is 8.97. The predicted octanol–water partition coefficient (Wildman–Crippen LogP) is 0.670. The van der Waals surface area contributed by atoms with E-state index in [1.807, 2.05) is 24.3 Å². The fourth-order valence-electron chi connectivity index (χ4n) is 5.06. The van der Waals surface area contributed by atoms with Gasteiger partial charge in [0.05, 0.1) is 17.3 Å². The molecule has 188 valence electrons. The number of fused-ring (bicyclic) bond motifs is 3. The van der Waals surface area contributed by atoms with E-state index in [9.17, 15) is 19.2 Å². The van der Waals surface area contributed by atoms with Gasteiger partial charge in [0, 0.05) is 6.54 Å². The molecule has 0 saturated carbocycles. The number of piperidine rings is 1. The largest absolute Gasteiger partial charge is 0.454 e. The van der Waals surface area contributed by atoms with Crippen molar-refractivity contribution in [1.82, 2.24) is 19.9 Å². The topological polar surface area (TPSA) is 185 Å². The Bertz CT molecular complexity index is 1500. The van der Waals surface area contributed by atoms with Crippen LogP contribution in [-0.2, 0) is 4.79 Å². The van der Waals surface area contributed by atoms with Gasteiger partial charge < -0.3 is 31.2 Å². The van der Waals surface area contributed by atoms with Crippen LogP contribution in [-0.4, -0.2) is 62.9 Å². The van der Waals surface area contributed by atoms with Crippen molar-refractivity contribution in [3.63, 3.8) is 0 Å². The van der Waals surface area contributed by atoms with Gasteiger partial charge in [-0.1, -0.05) is 17.3 Å². The van der Waals surface area contributed by atoms with E-state index in [1.165, 1.54) is 9.58 Å². The molecule has 13 nitrogen and oxygen atoms in total. The van der Waals surface area contributed by atoms with Crippen LogP contribution in [0.15, 0.2) is 36.4 Å². The van der Waals surface area contributed by atoms with Crippen LogP contribution in [0.25, 0.3) is 11.1 Å². The molecule has 3 aliphatic rings. The second kappa shape index (κ2) is 8.33. The van der Waals surface area contributed by atoms with Crippen molar-refractivity contribution in [3.05, 3.63) is 53.3 Å². The summed E-state index contributed by atoms with van der Waals surface area (Å²) in [5.74, 6) is -1.24. The van der Waals surface area contributed by atoms with E-state index in [-0.39, 0.29) is 43.0 Å². The molecule has 4 amide bonds. The van der Waals surface area contributed by atoms with E-state index < -0.39 is 23.9 Å². The lowest BCUT2D eigenvalue weighted by Crippen LogP contribution is -2.50. The van der Waals surface area contributed by atoms with Crippen LogP contribution in [0.5, 0.6) is 11.5 Å². The first-order valence-corrected chi connectivity index (χ1v) is 11.5. The Labute approximate surface area is 209 Å². The van der Waals surface area contributed by atoms with Gasteiger partial charge in [0.25, 0.3) is 17.7 Å². The monoisotopic (exact) mass is 503 g/mol. The molecule has 2 aromatic carbocycles. The number of aromatic nitrogens is 3. The van der Waals surface area contributed by atoms with Crippen molar-refractivity contribution in [2.75, 3.05) is 18.7 Å². The summed E-state index contributed by atoms with van der Waals surface area (Å²) in [6.45, 7) is 0.365. The molecule has 0 radical (unpaired) electrons. The number of nitrogens with one attached hydrogen (secondary N) is 1. The highest BCUT2D eigenvalue weighted by Crippen LogP contribution is 2.38. The standard InChI is InChI=1S/C24H21N7O6/c25-21(32)19-20(22(26)33)31(29-28-19)13-5-6-30-16(9-13)23(34)27-15-3-1-11(7-14(15)24(30)35)12-2-4-17-18(8-12)37-10-36-17/h1-4,7-8,13,16H,5-6,9-10H2,(H2,25,32)(H2,26,33)(H,27,34)/t13-,16-/m0/s1. The van der Waals surface area contributed by atoms with E-state index in [4.69, 9.17) is 20.9 Å². The number of nitrogens with zero attached hydrogens (tertiary/aromatic N) is 4. The summed E-state index contributed by atoms with van der Waals surface area (Å²) >= 11 is 0. The lowest BCUT2D eigenvalue weighted by molar-refractivity contribution is -0.121. The van der Waals surface area contributed by atoms with Crippen LogP contribution in [0.2, 0.25) is 0 Å². The molecular formula is C24H21N7O6. The summed E-state index contributed by atoms with van der Waals surface area (Å²) in [7, 11) is 0. The Morgan fingerprint density at radius 3 is 2.54 bits per heavy atom. The average molecular weight is 503 g/mol. The van der Waals surface area contributed by atoms with Gasteiger partial charge in [-0.15, -0.1) is 5.10 Å². The van der Waals surface area contributed by atoms with E-state index in [1.54, 1.807) is 12.1 Å². The van der Waals surface area contributed by atoms with Gasteiger partial charge in [0.1, 0.15) is 6.04 Å². The van der Waals surface area contributed by atoms with E-state index >= 15 is 0 Å². The summed E-state index contributed by atoms with van der Waals surface area (Å²) < 4.78 is 12.1. The Morgan fingerprint density at radius 2 is 1.76 bits per heavy atom. The first-order valence-electron chi connectivity index (χ1n) is 11.5. The molecule has 0 aliphatic carbocycles. The third-order valence-corrected chi connectivity index (χ3v) is 6.86. The molecule has 0 bridgehead atoms. The van der Waals surface area contributed by atoms with Gasteiger partial charge in [-0.25, -0.2) is 4.68 Å². The summed E-state index contributed by atoms with van der Waals surface area (Å²) in [6.07, 6.45) is 0.497. The number of carbonyl (C=O) groups excluding carboxylic acids is 4. The molecule has 13 heteroatoms. The minimum Gasteiger partial charge on any atom is -0.454 e. The van der Waals surface area contributed by atoms with Crippen molar-refractivity contribution in [1.29, 1.82) is 0 Å². The fourth-order valence-corrected chi connectivity index (χ4v) is 5.06. The molecule has 3 aliphatic heterocycles. The molecule has 1 fully saturated rings. The number of ether oxygens (including phenoxy) is 2. The van der Waals surface area contributed by atoms with Gasteiger partial charge >= 0.3 is 0 Å². The maximum Gasteiger partial charge on any atom is 0.271 e. The number of hydrogen-bond acceptors (Lipinski definition) is 8. The number of benzene rings is 2. The van der Waals surface area contributed by atoms with Gasteiger partial charge in [0.2, 0.25) is 12.7 Å². The van der Waals surface area contributed by atoms with Crippen molar-refractivity contribution in [2.24, 2.45) is 11.5 Å². The number of nitrogens with two attached hydrogens (primary N) is 2. The Morgan fingerprint density at radius 1 is 1.00 bits per heavy atom. The van der Waals surface area contributed by atoms with Crippen LogP contribution < -0.4 is 26.3 Å². The molecule has 1 aromatic heterocycles. The third kappa shape index (κ3) is 3.63. The first-order chi connectivity index (χ1) is 17.8. The highest BCUT2D eigenvalue weighted by atomic mass is 16.7. The molecule has 4 heterocycles. The van der Waals surface area contributed by atoms with Crippen LogP contribution in [0.3, 0.4) is 0 Å². The smallest absolute Gasteiger partial charge is 0.271 e. The highest BCUT2D eigenvalue weighted by Gasteiger charge is 2.42. The van der Waals surface area contributed by atoms with Gasteiger partial charge in [0.15, 0.2) is 22.9 Å². The SMILES string of the molecule is NC(=O)c1nnn([C@H]2CCN3C(=O)c4cc(-c5ccc6c(c5)OCO6)ccc4NC(=O)[C@@H]3C2)c1C(N)=O. The van der Waals surface area contributed by atoms with E-state index in [0.717, 1.165) is 11.1 Å². The lowest BCUT2D eigenvalue weighted by Gasteiger charge is -2.37. The van der Waals surface area contributed by atoms with Crippen LogP contribution in [0.4, 0.5) is 5.69 Å². The molecular weight excluding hydrogens is 482 g/mol. The maximum absolute atomic E-state index is 13.6. The summed E-state index contributed by atoms with van der Waals surface area (Å²) in [5.41, 5.74) is 12.6. The molecule has 1 saturated heterocycles. The summed E-state index contributed by atoms with van der Waals surface area (Å²) in [4.78, 5) is 52.0. The molecule has 37 heavy (non-hydrogen) atoms. The fraction of sp³-hybridized carbons (Fsp3) is 0.250. The Balaban J connectivity index is 1.31. The number of hydrogen-bond donors (Lipinski definition) is 3. The van der Waals surface area contributed by atoms with Crippen molar-refractivity contribution < 1.29 is 28.7 Å². The third-order valence-electron chi connectivity index (χ3n) is 6.86. The molecule has 2 atom stereocenters. The molecule has 6 rings (SSSR count). The zero-order valence-electron chi connectivity index (χ0n) is 19.3. The number of anilines is 1. The summed E-state index contributed by atoms with van der Waals surface area (Å²) in [6, 6.07) is 9.43. The maximum atomic E-state index is 13.6. The molecule has 0 unspecified atom stereocenters. The number of carbonyl (C=O) groups is 4. The number of amides is 4. The van der Waals surface area contributed by atoms with Crippen molar-refractivity contribution in [3.8, 4) is 22.6 Å². The zero-order chi connectivity index (χ0) is 25.8. The molecule has 0 spiro atoms. The zero-order valence-corrected chi connectivity index (χ0v) is 19.3. The minimum absolute atomic E-state index is 0.141. The van der Waals surface area contributed by atoms with Gasteiger partial charge in [-0.05, 0) is 48.2 Å². The molecule has 5 N–H and O–H groups in total. The lowest BCUT2D eigenvalue weighted by atomic mass is 9.95. The van der Waals surface area contributed by atoms with Crippen LogP contribution in [0, 0.1) is 0 Å². The Kier molecular flexibility index (Phi) is 5.07. The van der Waals surface area contributed by atoms with Crippen molar-refractivity contribution >= 4 is 29.3 Å². The highest BCUT2D eigenvalue weighted by molar-refractivity contribution is 6.10. The Hall–Kier alpha value is -4.94. The molecule has 3 aromatic rings. The average Bonchev–Trinajstić information content (AvgIpc) is 3.53. The first kappa shape index (κ1) is 22.5. The number of rotatable bonds is 4. The number of primary amides is 2. The van der Waals surface area contributed by atoms with Gasteiger partial charge in [-0.2, -0.15) is 0 Å². The second-order valence-electron chi connectivity index (χ2n) is 8.97. The quantitative estimate of drug-likeness (QED) is 0.464. The summed E-state index contributed by atoms with van der Waals surface area (Å²) in [5, 5.41) is 10.5.